The molecule has 2 heterocycles. The first-order valence-corrected chi connectivity index (χ1v) is 14.5. The predicted octanol–water partition coefficient (Wildman–Crippen LogP) is 4.62. The van der Waals surface area contributed by atoms with E-state index in [0.29, 0.717) is 17.6 Å². The topological polar surface area (TPSA) is 131 Å². The van der Waals surface area contributed by atoms with E-state index < -0.39 is 27.0 Å². The maximum Gasteiger partial charge on any atom is 0.349 e. The van der Waals surface area contributed by atoms with Gasteiger partial charge in [0.25, 0.3) is 15.6 Å². The molecule has 0 aliphatic heterocycles. The molecule has 10 heteroatoms. The molecule has 1 N–H and O–H groups in total. The molecule has 0 saturated heterocycles. The summed E-state index contributed by atoms with van der Waals surface area (Å²) < 4.78 is 29.6. The number of aryl methyl sites for hydroxylation is 3. The van der Waals surface area contributed by atoms with E-state index in [4.69, 9.17) is 5.26 Å². The summed E-state index contributed by atoms with van der Waals surface area (Å²) in [6.45, 7) is 9.86. The SMILES string of the molecule is Cc1ccc(S(=O)(=O)n2cc(C(C)C)c3cc(Cc4c(C)cc(-n5nc(C#N)c(=O)[nH]c5=O)cc4C)ccc32)cc1. The number of nitriles is 1. The van der Waals surface area contributed by atoms with E-state index in [-0.39, 0.29) is 10.8 Å². The molecule has 41 heavy (non-hydrogen) atoms. The van der Waals surface area contributed by atoms with Crippen LogP contribution in [0.2, 0.25) is 0 Å². The number of aromatic amines is 1. The van der Waals surface area contributed by atoms with Crippen LogP contribution in [0.5, 0.6) is 0 Å². The Morgan fingerprint density at radius 3 is 2.24 bits per heavy atom. The van der Waals surface area contributed by atoms with Gasteiger partial charge in [0.1, 0.15) is 6.07 Å². The summed E-state index contributed by atoms with van der Waals surface area (Å²) in [6, 6.07) is 18.0. The Balaban J connectivity index is 1.56. The molecule has 0 radical (unpaired) electrons. The molecule has 2 aromatic heterocycles. The largest absolute Gasteiger partial charge is 0.349 e. The van der Waals surface area contributed by atoms with Crippen LogP contribution >= 0.6 is 0 Å². The highest BCUT2D eigenvalue weighted by atomic mass is 32.2. The van der Waals surface area contributed by atoms with E-state index in [2.05, 4.69) is 10.1 Å². The summed E-state index contributed by atoms with van der Waals surface area (Å²) in [7, 11) is -3.78. The predicted molar refractivity (Wildman–Crippen MR) is 157 cm³/mol. The number of benzene rings is 3. The molecule has 9 nitrogen and oxygen atoms in total. The fraction of sp³-hybridized carbons (Fsp3) is 0.226. The molecular weight excluding hydrogens is 538 g/mol. The second-order valence-corrected chi connectivity index (χ2v) is 12.4. The summed E-state index contributed by atoms with van der Waals surface area (Å²) in [6.07, 6.45) is 2.31. The molecule has 0 saturated carbocycles. The molecule has 0 aliphatic carbocycles. The van der Waals surface area contributed by atoms with Crippen molar-refractivity contribution in [3.8, 4) is 11.8 Å². The van der Waals surface area contributed by atoms with Gasteiger partial charge in [-0.1, -0.05) is 37.6 Å². The van der Waals surface area contributed by atoms with Crippen molar-refractivity contribution in [2.24, 2.45) is 0 Å². The summed E-state index contributed by atoms with van der Waals surface area (Å²) in [4.78, 5) is 26.5. The zero-order valence-electron chi connectivity index (χ0n) is 23.4. The van der Waals surface area contributed by atoms with Gasteiger partial charge in [-0.15, -0.1) is 5.10 Å². The van der Waals surface area contributed by atoms with Crippen LogP contribution < -0.4 is 11.2 Å². The molecule has 0 atom stereocenters. The maximum absolute atomic E-state index is 13.6. The Bertz CT molecular complexity index is 2070. The monoisotopic (exact) mass is 567 g/mol. The van der Waals surface area contributed by atoms with Crippen LogP contribution in [-0.4, -0.2) is 27.2 Å². The Morgan fingerprint density at radius 2 is 1.63 bits per heavy atom. The van der Waals surface area contributed by atoms with Crippen molar-refractivity contribution in [2.75, 3.05) is 0 Å². The van der Waals surface area contributed by atoms with Crippen molar-refractivity contribution >= 4 is 20.9 Å². The number of hydrogen-bond donors (Lipinski definition) is 1. The molecule has 0 aliphatic rings. The number of hydrogen-bond acceptors (Lipinski definition) is 6. The standard InChI is InChI=1S/C31H29N5O4S/c1-18(2)27-17-35(41(39,40)24-9-6-19(3)7-10-24)29-11-8-22(15-26(27)29)14-25-20(4)12-23(13-21(25)5)36-31(38)33-30(37)28(16-32)34-36/h6-13,15,17-18H,14H2,1-5H3,(H,33,37,38). The van der Waals surface area contributed by atoms with Crippen molar-refractivity contribution in [3.05, 3.63) is 121 Å². The highest BCUT2D eigenvalue weighted by Crippen LogP contribution is 2.32. The fourth-order valence-corrected chi connectivity index (χ4v) is 6.47. The molecule has 0 amide bonds. The van der Waals surface area contributed by atoms with Gasteiger partial charge in [-0.3, -0.25) is 9.78 Å². The third-order valence-corrected chi connectivity index (χ3v) is 8.99. The molecule has 3 aromatic carbocycles. The van der Waals surface area contributed by atoms with Crippen molar-refractivity contribution in [3.63, 3.8) is 0 Å². The Labute approximate surface area is 237 Å². The molecule has 0 unspecified atom stereocenters. The minimum absolute atomic E-state index is 0.103. The van der Waals surface area contributed by atoms with Gasteiger partial charge in [0, 0.05) is 11.6 Å². The lowest BCUT2D eigenvalue weighted by molar-refractivity contribution is 0.589. The normalized spacial score (nSPS) is 11.7. The Hall–Kier alpha value is -4.75. The van der Waals surface area contributed by atoms with Crippen molar-refractivity contribution in [2.45, 2.75) is 51.9 Å². The lowest BCUT2D eigenvalue weighted by Crippen LogP contribution is -2.33. The first-order chi connectivity index (χ1) is 19.4. The lowest BCUT2D eigenvalue weighted by atomic mass is 9.94. The van der Waals surface area contributed by atoms with Gasteiger partial charge in [-0.05, 0) is 97.3 Å². The molecule has 0 fully saturated rings. The minimum Gasteiger partial charge on any atom is -0.270 e. The third kappa shape index (κ3) is 5.00. The van der Waals surface area contributed by atoms with Gasteiger partial charge in [0.15, 0.2) is 0 Å². The average molecular weight is 568 g/mol. The van der Waals surface area contributed by atoms with Crippen molar-refractivity contribution in [1.29, 1.82) is 5.26 Å². The minimum atomic E-state index is -3.78. The van der Waals surface area contributed by atoms with Gasteiger partial charge in [0.2, 0.25) is 5.69 Å². The van der Waals surface area contributed by atoms with E-state index in [1.165, 1.54) is 3.97 Å². The molecule has 208 valence electrons. The Morgan fingerprint density at radius 1 is 0.976 bits per heavy atom. The number of nitrogens with zero attached hydrogens (tertiary/aromatic N) is 4. The lowest BCUT2D eigenvalue weighted by Gasteiger charge is -2.14. The molecule has 5 aromatic rings. The molecule has 0 spiro atoms. The van der Waals surface area contributed by atoms with Crippen LogP contribution in [0.1, 0.15) is 58.8 Å². The number of nitrogens with one attached hydrogen (secondary N) is 1. The van der Waals surface area contributed by atoms with Crippen LogP contribution in [-0.2, 0) is 16.4 Å². The highest BCUT2D eigenvalue weighted by Gasteiger charge is 2.23. The average Bonchev–Trinajstić information content (AvgIpc) is 3.31. The number of H-pyrrole nitrogens is 1. The van der Waals surface area contributed by atoms with E-state index in [0.717, 1.165) is 43.4 Å². The van der Waals surface area contributed by atoms with Crippen LogP contribution in [0.3, 0.4) is 0 Å². The highest BCUT2D eigenvalue weighted by molar-refractivity contribution is 7.90. The first kappa shape index (κ1) is 27.8. The van der Waals surface area contributed by atoms with E-state index in [9.17, 15) is 18.0 Å². The second kappa shape index (κ2) is 10.3. The van der Waals surface area contributed by atoms with Crippen LogP contribution in [0, 0.1) is 32.1 Å². The van der Waals surface area contributed by atoms with Gasteiger partial charge >= 0.3 is 5.69 Å². The van der Waals surface area contributed by atoms with E-state index in [1.54, 1.807) is 48.7 Å². The third-order valence-electron chi connectivity index (χ3n) is 7.31. The molecule has 0 bridgehead atoms. The number of rotatable bonds is 6. The number of aromatic nitrogens is 4. The van der Waals surface area contributed by atoms with Gasteiger partial charge in [-0.2, -0.15) is 9.94 Å². The quantitative estimate of drug-likeness (QED) is 0.319. The first-order valence-electron chi connectivity index (χ1n) is 13.1. The summed E-state index contributed by atoms with van der Waals surface area (Å²) >= 11 is 0. The van der Waals surface area contributed by atoms with E-state index in [1.807, 2.05) is 52.8 Å². The van der Waals surface area contributed by atoms with E-state index >= 15 is 0 Å². The summed E-state index contributed by atoms with van der Waals surface area (Å²) in [5.41, 5.74) is 4.92. The van der Waals surface area contributed by atoms with Crippen LogP contribution in [0.15, 0.2) is 75.3 Å². The summed E-state index contributed by atoms with van der Waals surface area (Å²) in [5, 5.41) is 14.0. The smallest absolute Gasteiger partial charge is 0.270 e. The summed E-state index contributed by atoms with van der Waals surface area (Å²) in [5.74, 6) is 0.103. The fourth-order valence-electron chi connectivity index (χ4n) is 5.09. The Kier molecular flexibility index (Phi) is 7.01. The molecule has 5 rings (SSSR count). The zero-order valence-corrected chi connectivity index (χ0v) is 24.2. The van der Waals surface area contributed by atoms with Gasteiger partial charge in [-0.25, -0.2) is 17.2 Å². The number of fused-ring (bicyclic) bond motifs is 1. The van der Waals surface area contributed by atoms with Crippen LogP contribution in [0.4, 0.5) is 0 Å². The molecular formula is C31H29N5O4S. The second-order valence-electron chi connectivity index (χ2n) is 10.6. The van der Waals surface area contributed by atoms with Gasteiger partial charge < -0.3 is 0 Å². The van der Waals surface area contributed by atoms with Gasteiger partial charge in [0.05, 0.1) is 16.1 Å². The maximum atomic E-state index is 13.6. The van der Waals surface area contributed by atoms with Crippen molar-refractivity contribution < 1.29 is 8.42 Å². The van der Waals surface area contributed by atoms with Crippen molar-refractivity contribution in [1.82, 2.24) is 18.7 Å². The van der Waals surface area contributed by atoms with Crippen LogP contribution in [0.25, 0.3) is 16.6 Å². The zero-order chi connectivity index (χ0) is 29.6.